The first-order valence-electron chi connectivity index (χ1n) is 12.0. The Morgan fingerprint density at radius 2 is 1.54 bits per heavy atom. The molecule has 1 fully saturated rings. The summed E-state index contributed by atoms with van der Waals surface area (Å²) in [4.78, 5) is 21.5. The number of β-amino-alcohol motifs (C(OH)–C–C–N with tert-alkyl or cyclic N) is 1. The third kappa shape index (κ3) is 5.95. The van der Waals surface area contributed by atoms with Crippen LogP contribution in [0.1, 0.15) is 5.69 Å². The lowest BCUT2D eigenvalue weighted by Gasteiger charge is -2.35. The number of hydrogen-bond donors (Lipinski definition) is 1. The summed E-state index contributed by atoms with van der Waals surface area (Å²) in [6, 6.07) is 25.4. The van der Waals surface area contributed by atoms with Gasteiger partial charge in [0.1, 0.15) is 24.1 Å². The molecule has 0 spiro atoms. The van der Waals surface area contributed by atoms with Gasteiger partial charge in [-0.25, -0.2) is 4.98 Å². The van der Waals surface area contributed by atoms with Crippen LogP contribution in [0.25, 0.3) is 16.8 Å². The number of aliphatic hydroxyl groups excluding tert-OH is 1. The Morgan fingerprint density at radius 3 is 2.31 bits per heavy atom. The molecule has 7 heteroatoms. The van der Waals surface area contributed by atoms with Crippen LogP contribution in [0.15, 0.2) is 89.9 Å². The van der Waals surface area contributed by atoms with Gasteiger partial charge in [0, 0.05) is 51.5 Å². The van der Waals surface area contributed by atoms with Gasteiger partial charge < -0.3 is 9.84 Å². The fourth-order valence-corrected chi connectivity index (χ4v) is 4.46. The van der Waals surface area contributed by atoms with Crippen molar-refractivity contribution in [3.8, 4) is 16.9 Å². The van der Waals surface area contributed by atoms with Gasteiger partial charge in [-0.2, -0.15) is 0 Å². The van der Waals surface area contributed by atoms with Crippen molar-refractivity contribution < 1.29 is 9.84 Å². The van der Waals surface area contributed by atoms with E-state index in [1.54, 1.807) is 16.7 Å². The average molecular weight is 471 g/mol. The molecule has 7 nitrogen and oxygen atoms in total. The molecular formula is C28H30N4O3. The maximum Gasteiger partial charge on any atom is 0.258 e. The molecule has 0 radical (unpaired) electrons. The minimum absolute atomic E-state index is 0.0536. The van der Waals surface area contributed by atoms with Gasteiger partial charge in [-0.15, -0.1) is 0 Å². The minimum Gasteiger partial charge on any atom is -0.491 e. The maximum atomic E-state index is 12.3. The van der Waals surface area contributed by atoms with Crippen LogP contribution in [0.4, 0.5) is 0 Å². The topological polar surface area (TPSA) is 70.3 Å². The molecule has 0 bridgehead atoms. The van der Waals surface area contributed by atoms with Crippen LogP contribution in [0.5, 0.6) is 5.75 Å². The zero-order valence-corrected chi connectivity index (χ0v) is 19.7. The van der Waals surface area contributed by atoms with Gasteiger partial charge in [-0.3, -0.25) is 19.0 Å². The SMILES string of the molecule is O=c1cc(CN2CCN(C[C@H](O)COc3ccc(-c4ccccc4)cc3)CC2)nc2ccccn12. The van der Waals surface area contributed by atoms with Crippen molar-refractivity contribution in [3.63, 3.8) is 0 Å². The summed E-state index contributed by atoms with van der Waals surface area (Å²) >= 11 is 0. The molecule has 35 heavy (non-hydrogen) atoms. The Morgan fingerprint density at radius 1 is 0.857 bits per heavy atom. The predicted molar refractivity (Wildman–Crippen MR) is 137 cm³/mol. The number of aromatic nitrogens is 2. The molecule has 5 rings (SSSR count). The molecule has 4 aromatic rings. The lowest BCUT2D eigenvalue weighted by atomic mass is 10.1. The lowest BCUT2D eigenvalue weighted by Crippen LogP contribution is -2.49. The molecule has 0 unspecified atom stereocenters. The van der Waals surface area contributed by atoms with E-state index in [-0.39, 0.29) is 12.2 Å². The van der Waals surface area contributed by atoms with Crippen molar-refractivity contribution in [2.24, 2.45) is 0 Å². The second-order valence-electron chi connectivity index (χ2n) is 8.95. The highest BCUT2D eigenvalue weighted by Gasteiger charge is 2.20. The third-order valence-electron chi connectivity index (χ3n) is 6.35. The minimum atomic E-state index is -0.558. The highest BCUT2D eigenvalue weighted by atomic mass is 16.5. The van der Waals surface area contributed by atoms with E-state index in [1.807, 2.05) is 60.7 Å². The van der Waals surface area contributed by atoms with E-state index in [1.165, 1.54) is 5.56 Å². The van der Waals surface area contributed by atoms with Crippen molar-refractivity contribution in [1.82, 2.24) is 19.2 Å². The van der Waals surface area contributed by atoms with Crippen molar-refractivity contribution in [2.45, 2.75) is 12.6 Å². The van der Waals surface area contributed by atoms with Crippen molar-refractivity contribution >= 4 is 5.65 Å². The van der Waals surface area contributed by atoms with E-state index in [2.05, 4.69) is 26.9 Å². The molecule has 0 aliphatic carbocycles. The van der Waals surface area contributed by atoms with Gasteiger partial charge in [0.15, 0.2) is 0 Å². The standard InChI is InChI=1S/C28H30N4O3/c33-25(21-35-26-11-9-23(10-12-26)22-6-2-1-3-7-22)20-31-16-14-30(15-17-31)19-24-18-28(34)32-13-5-4-8-27(32)29-24/h1-13,18,25,33H,14-17,19-21H2/t25-/m0/s1. The van der Waals surface area contributed by atoms with Crippen molar-refractivity contribution in [3.05, 3.63) is 101 Å². The normalized spacial score (nSPS) is 15.8. The van der Waals surface area contributed by atoms with Crippen molar-refractivity contribution in [2.75, 3.05) is 39.3 Å². The second kappa shape index (κ2) is 10.8. The summed E-state index contributed by atoms with van der Waals surface area (Å²) in [6.45, 7) is 4.93. The van der Waals surface area contributed by atoms with Crippen LogP contribution in [-0.4, -0.2) is 69.7 Å². The summed E-state index contributed by atoms with van der Waals surface area (Å²) in [7, 11) is 0. The van der Waals surface area contributed by atoms with Crippen LogP contribution in [0, 0.1) is 0 Å². The Kier molecular flexibility index (Phi) is 7.18. The van der Waals surface area contributed by atoms with Gasteiger partial charge in [-0.1, -0.05) is 48.5 Å². The average Bonchev–Trinajstić information content (AvgIpc) is 2.89. The molecule has 2 aromatic heterocycles. The number of aliphatic hydroxyl groups is 1. The van der Waals surface area contributed by atoms with E-state index in [9.17, 15) is 9.90 Å². The fourth-order valence-electron chi connectivity index (χ4n) is 4.46. The van der Waals surface area contributed by atoms with E-state index >= 15 is 0 Å². The zero-order chi connectivity index (χ0) is 24.0. The van der Waals surface area contributed by atoms with Crippen LogP contribution < -0.4 is 10.3 Å². The summed E-state index contributed by atoms with van der Waals surface area (Å²) < 4.78 is 7.38. The Balaban J connectivity index is 1.06. The summed E-state index contributed by atoms with van der Waals surface area (Å²) in [5, 5.41) is 10.5. The first kappa shape index (κ1) is 23.2. The summed E-state index contributed by atoms with van der Waals surface area (Å²) in [5.41, 5.74) is 3.72. The number of pyridine rings is 1. The number of hydrogen-bond acceptors (Lipinski definition) is 6. The zero-order valence-electron chi connectivity index (χ0n) is 19.7. The van der Waals surface area contributed by atoms with Gasteiger partial charge in [0.2, 0.25) is 0 Å². The lowest BCUT2D eigenvalue weighted by molar-refractivity contribution is 0.0444. The first-order chi connectivity index (χ1) is 17.1. The van der Waals surface area contributed by atoms with E-state index in [0.717, 1.165) is 43.2 Å². The van der Waals surface area contributed by atoms with Gasteiger partial charge in [0.05, 0.1) is 5.69 Å². The van der Waals surface area contributed by atoms with Crippen LogP contribution in [-0.2, 0) is 6.54 Å². The molecule has 1 aliphatic heterocycles. The van der Waals surface area contributed by atoms with E-state index < -0.39 is 6.10 Å². The summed E-state index contributed by atoms with van der Waals surface area (Å²) in [5.74, 6) is 0.757. The smallest absolute Gasteiger partial charge is 0.258 e. The fraction of sp³-hybridized carbons (Fsp3) is 0.286. The van der Waals surface area contributed by atoms with E-state index in [4.69, 9.17) is 4.74 Å². The van der Waals surface area contributed by atoms with Gasteiger partial charge >= 0.3 is 0 Å². The van der Waals surface area contributed by atoms with Gasteiger partial charge in [-0.05, 0) is 35.4 Å². The molecule has 180 valence electrons. The van der Waals surface area contributed by atoms with Crippen LogP contribution >= 0.6 is 0 Å². The number of fused-ring (bicyclic) bond motifs is 1. The second-order valence-corrected chi connectivity index (χ2v) is 8.95. The largest absolute Gasteiger partial charge is 0.491 e. The molecule has 3 heterocycles. The molecule has 1 saturated heterocycles. The maximum absolute atomic E-state index is 12.3. The molecule has 1 aliphatic rings. The highest BCUT2D eigenvalue weighted by Crippen LogP contribution is 2.22. The highest BCUT2D eigenvalue weighted by molar-refractivity contribution is 5.63. The molecule has 0 saturated carbocycles. The first-order valence-corrected chi connectivity index (χ1v) is 12.0. The van der Waals surface area contributed by atoms with Crippen LogP contribution in [0.2, 0.25) is 0 Å². The molecule has 0 amide bonds. The molecular weight excluding hydrogens is 440 g/mol. The monoisotopic (exact) mass is 470 g/mol. The van der Waals surface area contributed by atoms with Crippen molar-refractivity contribution in [1.29, 1.82) is 0 Å². The predicted octanol–water partition coefficient (Wildman–Crippen LogP) is 2.92. The van der Waals surface area contributed by atoms with Gasteiger partial charge in [0.25, 0.3) is 5.56 Å². The summed E-state index contributed by atoms with van der Waals surface area (Å²) in [6.07, 6.45) is 1.18. The number of benzene rings is 2. The number of ether oxygens (including phenoxy) is 1. The van der Waals surface area contributed by atoms with E-state index in [0.29, 0.717) is 18.7 Å². The molecule has 1 N–H and O–H groups in total. The molecule has 2 aromatic carbocycles. The number of rotatable bonds is 8. The molecule has 1 atom stereocenters. The third-order valence-corrected chi connectivity index (χ3v) is 6.35. The Hall–Kier alpha value is -3.52. The quantitative estimate of drug-likeness (QED) is 0.427. The number of piperazine rings is 1. The Bertz CT molecular complexity index is 1300. The Labute approximate surface area is 204 Å². The van der Waals surface area contributed by atoms with Crippen LogP contribution in [0.3, 0.4) is 0 Å². The number of nitrogens with zero attached hydrogens (tertiary/aromatic N) is 4.